The fourth-order valence-corrected chi connectivity index (χ4v) is 4.74. The van der Waals surface area contributed by atoms with Crippen LogP contribution in [0.5, 0.6) is 0 Å². The van der Waals surface area contributed by atoms with E-state index < -0.39 is 30.4 Å². The lowest BCUT2D eigenvalue weighted by Gasteiger charge is -2.16. The van der Waals surface area contributed by atoms with E-state index in [4.69, 9.17) is 9.47 Å². The van der Waals surface area contributed by atoms with Crippen LogP contribution in [-0.4, -0.2) is 56.3 Å². The van der Waals surface area contributed by atoms with Gasteiger partial charge in [-0.15, -0.1) is 23.1 Å². The zero-order valence-electron chi connectivity index (χ0n) is 17.2. The number of benzene rings is 1. The van der Waals surface area contributed by atoms with Gasteiger partial charge in [0.2, 0.25) is 5.91 Å². The van der Waals surface area contributed by atoms with E-state index in [1.165, 1.54) is 45.0 Å². The summed E-state index contributed by atoms with van der Waals surface area (Å²) in [7, 11) is 2.37. The molecule has 0 radical (unpaired) electrons. The molecule has 168 valence electrons. The van der Waals surface area contributed by atoms with Crippen LogP contribution in [0.2, 0.25) is 0 Å². The average molecular weight is 479 g/mol. The first-order valence-corrected chi connectivity index (χ1v) is 10.9. The van der Waals surface area contributed by atoms with Gasteiger partial charge in [-0.3, -0.25) is 9.59 Å². The lowest BCUT2D eigenvalue weighted by Crippen LogP contribution is -2.22. The van der Waals surface area contributed by atoms with Crippen molar-refractivity contribution in [3.63, 3.8) is 0 Å². The second-order valence-electron chi connectivity index (χ2n) is 6.42. The molecule has 0 aliphatic carbocycles. The van der Waals surface area contributed by atoms with Gasteiger partial charge in [-0.1, -0.05) is 0 Å². The Labute approximate surface area is 190 Å². The van der Waals surface area contributed by atoms with Crippen LogP contribution < -0.4 is 10.6 Å². The van der Waals surface area contributed by atoms with Gasteiger partial charge in [-0.25, -0.2) is 14.4 Å². The molecule has 0 saturated carbocycles. The smallest absolute Gasteiger partial charge is 0.348 e. The summed E-state index contributed by atoms with van der Waals surface area (Å²) in [5, 5.41) is 5.20. The van der Waals surface area contributed by atoms with E-state index in [2.05, 4.69) is 15.4 Å². The summed E-state index contributed by atoms with van der Waals surface area (Å²) in [5.41, 5.74) is 0.974. The van der Waals surface area contributed by atoms with E-state index in [-0.39, 0.29) is 26.9 Å². The van der Waals surface area contributed by atoms with E-state index in [1.807, 2.05) is 0 Å². The van der Waals surface area contributed by atoms with Crippen LogP contribution in [0.3, 0.4) is 0 Å². The van der Waals surface area contributed by atoms with E-state index in [9.17, 15) is 24.0 Å². The largest absolute Gasteiger partial charge is 0.465 e. The summed E-state index contributed by atoms with van der Waals surface area (Å²) >= 11 is 2.20. The van der Waals surface area contributed by atoms with E-state index in [0.717, 1.165) is 16.2 Å². The summed E-state index contributed by atoms with van der Waals surface area (Å²) in [6, 6.07) is 4.69. The van der Waals surface area contributed by atoms with Crippen LogP contribution in [0.4, 0.5) is 10.7 Å². The molecule has 2 aromatic rings. The molecule has 32 heavy (non-hydrogen) atoms. The standard InChI is InChI=1S/C20H18N2O8S2/c1-9-15(19(26)28-2)17(32-16(9)20(27)29-3)22-13(23)7-30-18(25)10-4-5-12-11(6-10)21-14(24)8-31-12/h4-6H,7-8H2,1-3H3,(H,21,24)(H,22,23). The van der Waals surface area contributed by atoms with Gasteiger partial charge in [-0.05, 0) is 30.7 Å². The Balaban J connectivity index is 1.69. The maximum absolute atomic E-state index is 12.3. The van der Waals surface area contributed by atoms with Crippen LogP contribution in [-0.2, 0) is 23.8 Å². The number of amides is 2. The van der Waals surface area contributed by atoms with Crippen LogP contribution >= 0.6 is 23.1 Å². The number of thioether (sulfide) groups is 1. The molecule has 12 heteroatoms. The number of fused-ring (bicyclic) bond motifs is 1. The number of hydrogen-bond donors (Lipinski definition) is 2. The Morgan fingerprint density at radius 3 is 2.50 bits per heavy atom. The predicted octanol–water partition coefficient (Wildman–Crippen LogP) is 2.47. The Hall–Kier alpha value is -3.38. The Bertz CT molecular complexity index is 1130. The van der Waals surface area contributed by atoms with Crippen molar-refractivity contribution in [1.82, 2.24) is 0 Å². The summed E-state index contributed by atoms with van der Waals surface area (Å²) in [6.07, 6.45) is 0. The molecule has 1 aromatic carbocycles. The third-order valence-corrected chi connectivity index (χ3v) is 6.60. The van der Waals surface area contributed by atoms with Crippen molar-refractivity contribution in [1.29, 1.82) is 0 Å². The van der Waals surface area contributed by atoms with E-state index in [0.29, 0.717) is 17.0 Å². The van der Waals surface area contributed by atoms with Crippen molar-refractivity contribution in [2.45, 2.75) is 11.8 Å². The first-order valence-electron chi connectivity index (χ1n) is 9.08. The monoisotopic (exact) mass is 478 g/mol. The summed E-state index contributed by atoms with van der Waals surface area (Å²) < 4.78 is 14.4. The van der Waals surface area contributed by atoms with Crippen LogP contribution in [0.15, 0.2) is 23.1 Å². The third kappa shape index (κ3) is 4.92. The van der Waals surface area contributed by atoms with E-state index in [1.54, 1.807) is 6.07 Å². The number of ether oxygens (including phenoxy) is 3. The molecule has 10 nitrogen and oxygen atoms in total. The molecule has 0 bridgehead atoms. The lowest BCUT2D eigenvalue weighted by atomic mass is 10.1. The highest BCUT2D eigenvalue weighted by Gasteiger charge is 2.27. The SMILES string of the molecule is COC(=O)c1sc(NC(=O)COC(=O)c2ccc3c(c2)NC(=O)CS3)c(C(=O)OC)c1C. The first kappa shape index (κ1) is 23.3. The molecule has 1 aliphatic heterocycles. The highest BCUT2D eigenvalue weighted by atomic mass is 32.2. The van der Waals surface area contributed by atoms with Crippen molar-refractivity contribution < 1.29 is 38.2 Å². The molecule has 0 unspecified atom stereocenters. The van der Waals surface area contributed by atoms with Gasteiger partial charge in [-0.2, -0.15) is 0 Å². The van der Waals surface area contributed by atoms with E-state index >= 15 is 0 Å². The van der Waals surface area contributed by atoms with Crippen molar-refractivity contribution in [3.8, 4) is 0 Å². The number of anilines is 2. The Morgan fingerprint density at radius 2 is 1.81 bits per heavy atom. The zero-order chi connectivity index (χ0) is 23.4. The average Bonchev–Trinajstić information content (AvgIpc) is 3.11. The second kappa shape index (κ2) is 9.83. The molecule has 2 N–H and O–H groups in total. The molecule has 0 saturated heterocycles. The number of methoxy groups -OCH3 is 2. The quantitative estimate of drug-likeness (QED) is 0.474. The Kier molecular flexibility index (Phi) is 7.15. The number of carbonyl (C=O) groups excluding carboxylic acids is 5. The molecule has 3 rings (SSSR count). The van der Waals surface area contributed by atoms with Gasteiger partial charge >= 0.3 is 17.9 Å². The van der Waals surface area contributed by atoms with Crippen LogP contribution in [0.1, 0.15) is 36.0 Å². The number of rotatable bonds is 6. The number of hydrogen-bond acceptors (Lipinski definition) is 10. The minimum Gasteiger partial charge on any atom is -0.465 e. The fourth-order valence-electron chi connectivity index (χ4n) is 2.82. The first-order chi connectivity index (χ1) is 15.2. The molecule has 2 heterocycles. The van der Waals surface area contributed by atoms with Crippen molar-refractivity contribution >= 4 is 63.5 Å². The van der Waals surface area contributed by atoms with Crippen LogP contribution in [0.25, 0.3) is 0 Å². The summed E-state index contributed by atoms with van der Waals surface area (Å²) in [4.78, 5) is 61.2. The summed E-state index contributed by atoms with van der Waals surface area (Å²) in [5.74, 6) is -2.77. The second-order valence-corrected chi connectivity index (χ2v) is 8.45. The lowest BCUT2D eigenvalue weighted by molar-refractivity contribution is -0.119. The third-order valence-electron chi connectivity index (χ3n) is 4.34. The molecule has 0 spiro atoms. The zero-order valence-corrected chi connectivity index (χ0v) is 18.9. The molecule has 2 amide bonds. The molecule has 1 aliphatic rings. The van der Waals surface area contributed by atoms with Crippen LogP contribution in [0, 0.1) is 6.92 Å². The van der Waals surface area contributed by atoms with Gasteiger partial charge in [0.1, 0.15) is 9.88 Å². The minimum atomic E-state index is -0.765. The molecule has 0 fully saturated rings. The molecule has 1 aromatic heterocycles. The van der Waals surface area contributed by atoms with Gasteiger partial charge in [0, 0.05) is 4.90 Å². The maximum Gasteiger partial charge on any atom is 0.348 e. The summed E-state index contributed by atoms with van der Waals surface area (Å²) in [6.45, 7) is 0.889. The van der Waals surface area contributed by atoms with Gasteiger partial charge in [0.25, 0.3) is 5.91 Å². The molecular weight excluding hydrogens is 460 g/mol. The van der Waals surface area contributed by atoms with Gasteiger partial charge in [0.05, 0.1) is 36.8 Å². The number of nitrogens with one attached hydrogen (secondary N) is 2. The minimum absolute atomic E-state index is 0.0144. The fraction of sp³-hybridized carbons (Fsp3) is 0.250. The Morgan fingerprint density at radius 1 is 1.09 bits per heavy atom. The number of esters is 3. The van der Waals surface area contributed by atoms with Crippen molar-refractivity contribution in [2.75, 3.05) is 37.2 Å². The number of thiophene rings is 1. The number of carbonyl (C=O) groups is 5. The highest BCUT2D eigenvalue weighted by molar-refractivity contribution is 8.00. The highest BCUT2D eigenvalue weighted by Crippen LogP contribution is 2.34. The predicted molar refractivity (Wildman–Crippen MR) is 116 cm³/mol. The normalized spacial score (nSPS) is 12.3. The van der Waals surface area contributed by atoms with Crippen molar-refractivity contribution in [2.24, 2.45) is 0 Å². The van der Waals surface area contributed by atoms with Gasteiger partial charge < -0.3 is 24.8 Å². The molecule has 0 atom stereocenters. The maximum atomic E-state index is 12.3. The van der Waals surface area contributed by atoms with Crippen molar-refractivity contribution in [3.05, 3.63) is 39.8 Å². The van der Waals surface area contributed by atoms with Gasteiger partial charge in [0.15, 0.2) is 6.61 Å². The topological polar surface area (TPSA) is 137 Å². The molecular formula is C20H18N2O8S2.